The lowest BCUT2D eigenvalue weighted by Crippen LogP contribution is -1.98. The van der Waals surface area contributed by atoms with Crippen LogP contribution in [0.5, 0.6) is 0 Å². The van der Waals surface area contributed by atoms with E-state index in [2.05, 4.69) is 0 Å². The third-order valence-corrected chi connectivity index (χ3v) is 1.14. The second-order valence-electron chi connectivity index (χ2n) is 2.66. The molecule has 0 spiro atoms. The number of allylic oxidation sites excluding steroid dienone is 1. The van der Waals surface area contributed by atoms with Gasteiger partial charge in [0.05, 0.1) is 0 Å². The molecule has 0 saturated heterocycles. The maximum atomic E-state index is 10.3. The zero-order chi connectivity index (χ0) is 8.85. The monoisotopic (exact) mass is 153 g/mol. The number of carbonyl (C=O) groups is 1. The van der Waals surface area contributed by atoms with Gasteiger partial charge in [0.1, 0.15) is 11.6 Å². The Labute approximate surface area is 66.0 Å². The van der Waals surface area contributed by atoms with E-state index >= 15 is 0 Å². The van der Waals surface area contributed by atoms with Gasteiger partial charge in [-0.3, -0.25) is 0 Å². The molecule has 11 heavy (non-hydrogen) atoms. The van der Waals surface area contributed by atoms with Gasteiger partial charge < -0.3 is 5.11 Å². The molecule has 0 atom stereocenters. The Morgan fingerprint density at radius 2 is 2.27 bits per heavy atom. The topological polar surface area (TPSA) is 61.1 Å². The van der Waals surface area contributed by atoms with Gasteiger partial charge in [-0.2, -0.15) is 5.26 Å². The molecule has 0 amide bonds. The van der Waals surface area contributed by atoms with Crippen LogP contribution in [0.4, 0.5) is 0 Å². The van der Waals surface area contributed by atoms with E-state index in [-0.39, 0.29) is 5.57 Å². The van der Waals surface area contributed by atoms with Gasteiger partial charge >= 0.3 is 5.97 Å². The highest BCUT2D eigenvalue weighted by atomic mass is 16.4. The first-order valence-corrected chi connectivity index (χ1v) is 3.41. The van der Waals surface area contributed by atoms with Gasteiger partial charge in [0.15, 0.2) is 0 Å². The highest BCUT2D eigenvalue weighted by Crippen LogP contribution is 2.03. The minimum Gasteiger partial charge on any atom is -0.477 e. The predicted octanol–water partition coefficient (Wildman–Crippen LogP) is 1.57. The molecule has 0 aliphatic rings. The summed E-state index contributed by atoms with van der Waals surface area (Å²) >= 11 is 0. The number of carboxylic acid groups (broad SMARTS) is 1. The minimum atomic E-state index is -1.15. The fraction of sp³-hybridized carbons (Fsp3) is 0.500. The Morgan fingerprint density at radius 3 is 2.55 bits per heavy atom. The second-order valence-corrected chi connectivity index (χ2v) is 2.66. The normalized spacial score (nSPS) is 11.3. The molecule has 3 nitrogen and oxygen atoms in total. The molecule has 0 aromatic heterocycles. The Kier molecular flexibility index (Phi) is 3.97. The van der Waals surface area contributed by atoms with Crippen molar-refractivity contribution in [2.24, 2.45) is 5.92 Å². The molecule has 0 aliphatic carbocycles. The predicted molar refractivity (Wildman–Crippen MR) is 40.8 cm³/mol. The third kappa shape index (κ3) is 4.15. The van der Waals surface area contributed by atoms with Gasteiger partial charge in [0.2, 0.25) is 0 Å². The largest absolute Gasteiger partial charge is 0.477 e. The lowest BCUT2D eigenvalue weighted by atomic mass is 10.1. The molecule has 0 aromatic rings. The number of hydrogen-bond acceptors (Lipinski definition) is 2. The minimum absolute atomic E-state index is 0.168. The fourth-order valence-electron chi connectivity index (χ4n) is 0.534. The SMILES string of the molecule is CC(C)C/C=C(/C#N)C(=O)O. The number of nitriles is 1. The molecular formula is C8H11NO2. The van der Waals surface area contributed by atoms with Crippen LogP contribution < -0.4 is 0 Å². The summed E-state index contributed by atoms with van der Waals surface area (Å²) in [5.41, 5.74) is -0.168. The molecule has 0 bridgehead atoms. The van der Waals surface area contributed by atoms with Crippen LogP contribution >= 0.6 is 0 Å². The zero-order valence-corrected chi connectivity index (χ0v) is 6.66. The number of carboxylic acids is 1. The average molecular weight is 153 g/mol. The van der Waals surface area contributed by atoms with Crippen LogP contribution in [0.15, 0.2) is 11.6 Å². The van der Waals surface area contributed by atoms with Crippen molar-refractivity contribution < 1.29 is 9.90 Å². The quantitative estimate of drug-likeness (QED) is 0.494. The van der Waals surface area contributed by atoms with E-state index in [1.165, 1.54) is 6.08 Å². The molecule has 0 unspecified atom stereocenters. The van der Waals surface area contributed by atoms with Gasteiger partial charge in [-0.05, 0) is 12.3 Å². The summed E-state index contributed by atoms with van der Waals surface area (Å²) < 4.78 is 0. The molecule has 1 N–H and O–H groups in total. The van der Waals surface area contributed by atoms with Crippen molar-refractivity contribution in [3.8, 4) is 6.07 Å². The van der Waals surface area contributed by atoms with Crippen molar-refractivity contribution >= 4 is 5.97 Å². The molecule has 0 rings (SSSR count). The Hall–Kier alpha value is -1.30. The zero-order valence-electron chi connectivity index (χ0n) is 6.66. The molecule has 0 fully saturated rings. The third-order valence-electron chi connectivity index (χ3n) is 1.14. The van der Waals surface area contributed by atoms with Crippen molar-refractivity contribution in [1.29, 1.82) is 5.26 Å². The summed E-state index contributed by atoms with van der Waals surface area (Å²) in [5, 5.41) is 16.7. The van der Waals surface area contributed by atoms with Crippen LogP contribution in [0, 0.1) is 17.2 Å². The van der Waals surface area contributed by atoms with E-state index in [0.29, 0.717) is 12.3 Å². The first-order valence-electron chi connectivity index (χ1n) is 3.41. The summed E-state index contributed by atoms with van der Waals surface area (Å²) in [7, 11) is 0. The number of aliphatic carboxylic acids is 1. The molecule has 0 saturated carbocycles. The maximum Gasteiger partial charge on any atom is 0.346 e. The standard InChI is InChI=1S/C8H11NO2/c1-6(2)3-4-7(5-9)8(10)11/h4,6H,3H2,1-2H3,(H,10,11)/b7-4-. The van der Waals surface area contributed by atoms with Crippen LogP contribution in [0.3, 0.4) is 0 Å². The van der Waals surface area contributed by atoms with Crippen molar-refractivity contribution in [3.63, 3.8) is 0 Å². The maximum absolute atomic E-state index is 10.3. The van der Waals surface area contributed by atoms with Crippen molar-refractivity contribution in [3.05, 3.63) is 11.6 Å². The van der Waals surface area contributed by atoms with E-state index in [0.717, 1.165) is 0 Å². The summed E-state index contributed by atoms with van der Waals surface area (Å²) in [6, 6.07) is 1.62. The van der Waals surface area contributed by atoms with Gasteiger partial charge in [0, 0.05) is 0 Å². The van der Waals surface area contributed by atoms with Gasteiger partial charge in [-0.1, -0.05) is 19.9 Å². The summed E-state index contributed by atoms with van der Waals surface area (Å²) in [4.78, 5) is 10.3. The highest BCUT2D eigenvalue weighted by Gasteiger charge is 2.04. The van der Waals surface area contributed by atoms with Crippen molar-refractivity contribution in [2.75, 3.05) is 0 Å². The number of nitrogens with zero attached hydrogens (tertiary/aromatic N) is 1. The smallest absolute Gasteiger partial charge is 0.346 e. The van der Waals surface area contributed by atoms with E-state index < -0.39 is 5.97 Å². The van der Waals surface area contributed by atoms with Crippen LogP contribution in [0.2, 0.25) is 0 Å². The fourth-order valence-corrected chi connectivity index (χ4v) is 0.534. The Bertz CT molecular complexity index is 211. The molecule has 0 radical (unpaired) electrons. The van der Waals surface area contributed by atoms with Gasteiger partial charge in [-0.15, -0.1) is 0 Å². The Balaban J connectivity index is 4.17. The molecule has 0 aliphatic heterocycles. The van der Waals surface area contributed by atoms with Crippen molar-refractivity contribution in [1.82, 2.24) is 0 Å². The van der Waals surface area contributed by atoms with Crippen LogP contribution in [-0.4, -0.2) is 11.1 Å². The first kappa shape index (κ1) is 9.70. The van der Waals surface area contributed by atoms with Crippen LogP contribution in [0.25, 0.3) is 0 Å². The van der Waals surface area contributed by atoms with Crippen LogP contribution in [-0.2, 0) is 4.79 Å². The van der Waals surface area contributed by atoms with Crippen LogP contribution in [0.1, 0.15) is 20.3 Å². The molecular weight excluding hydrogens is 142 g/mol. The van der Waals surface area contributed by atoms with Gasteiger partial charge in [0.25, 0.3) is 0 Å². The molecule has 3 heteroatoms. The number of hydrogen-bond donors (Lipinski definition) is 1. The van der Waals surface area contributed by atoms with Crippen molar-refractivity contribution in [2.45, 2.75) is 20.3 Å². The Morgan fingerprint density at radius 1 is 1.73 bits per heavy atom. The second kappa shape index (κ2) is 4.51. The van der Waals surface area contributed by atoms with Gasteiger partial charge in [-0.25, -0.2) is 4.79 Å². The van der Waals surface area contributed by atoms with E-state index in [1.807, 2.05) is 13.8 Å². The highest BCUT2D eigenvalue weighted by molar-refractivity contribution is 5.90. The van der Waals surface area contributed by atoms with E-state index in [4.69, 9.17) is 10.4 Å². The summed E-state index contributed by atoms with van der Waals surface area (Å²) in [6.07, 6.45) is 2.09. The molecule has 60 valence electrons. The lowest BCUT2D eigenvalue weighted by molar-refractivity contribution is -0.132. The molecule has 0 heterocycles. The first-order chi connectivity index (χ1) is 5.07. The summed E-state index contributed by atoms with van der Waals surface area (Å²) in [5.74, 6) is -0.758. The lowest BCUT2D eigenvalue weighted by Gasteiger charge is -1.96. The average Bonchev–Trinajstić information content (AvgIpc) is 1.87. The number of rotatable bonds is 3. The van der Waals surface area contributed by atoms with E-state index in [9.17, 15) is 4.79 Å². The summed E-state index contributed by atoms with van der Waals surface area (Å²) in [6.45, 7) is 3.93. The van der Waals surface area contributed by atoms with E-state index in [1.54, 1.807) is 6.07 Å². The molecule has 0 aromatic carbocycles.